The van der Waals surface area contributed by atoms with Crippen molar-refractivity contribution in [2.75, 3.05) is 5.32 Å². The molecule has 2 N–H and O–H groups in total. The average Bonchev–Trinajstić information content (AvgIpc) is 2.63. The molecular weight excluding hydrogens is 391 g/mol. The third-order valence-electron chi connectivity index (χ3n) is 3.30. The summed E-state index contributed by atoms with van der Waals surface area (Å²) in [5.41, 5.74) is 0.887. The normalized spacial score (nSPS) is 10.2. The second-order valence-corrected chi connectivity index (χ2v) is 6.47. The minimum atomic E-state index is 0.397. The van der Waals surface area contributed by atoms with Gasteiger partial charge >= 0.3 is 0 Å². The van der Waals surface area contributed by atoms with Gasteiger partial charge in [0.1, 0.15) is 5.75 Å². The fourth-order valence-corrected chi connectivity index (χ4v) is 2.70. The number of thiocarbonyl (C=S) groups is 1. The molecule has 0 unspecified atom stereocenters. The molecule has 0 aliphatic carbocycles. The second-order valence-electron chi connectivity index (χ2n) is 5.22. The van der Waals surface area contributed by atoms with Crippen molar-refractivity contribution in [3.63, 3.8) is 0 Å². The highest BCUT2D eigenvalue weighted by atomic mass is 35.5. The summed E-state index contributed by atoms with van der Waals surface area (Å²) in [4.78, 5) is 0. The molecule has 0 saturated carbocycles. The Hall–Kier alpha value is -2.41. The second kappa shape index (κ2) is 8.80. The van der Waals surface area contributed by atoms with Crippen LogP contribution >= 0.6 is 35.4 Å². The highest BCUT2D eigenvalue weighted by molar-refractivity contribution is 7.80. The number of hydrogen-bond acceptors (Lipinski definition) is 4. The Morgan fingerprint density at radius 3 is 2.50 bits per heavy atom. The van der Waals surface area contributed by atoms with Crippen LogP contribution in [0.25, 0.3) is 0 Å². The molecule has 8 heteroatoms. The maximum Gasteiger partial charge on any atom is 0.238 e. The predicted octanol–water partition coefficient (Wildman–Crippen LogP) is 5.06. The molecule has 0 spiro atoms. The molecule has 0 amide bonds. The summed E-state index contributed by atoms with van der Waals surface area (Å²) in [7, 11) is 0. The van der Waals surface area contributed by atoms with Crippen LogP contribution in [-0.4, -0.2) is 15.3 Å². The third kappa shape index (κ3) is 5.29. The summed E-state index contributed by atoms with van der Waals surface area (Å²) >= 11 is 17.3. The quantitative estimate of drug-likeness (QED) is 0.579. The van der Waals surface area contributed by atoms with Gasteiger partial charge in [-0.1, -0.05) is 47.5 Å². The van der Waals surface area contributed by atoms with Crippen molar-refractivity contribution in [3.05, 3.63) is 76.3 Å². The van der Waals surface area contributed by atoms with Crippen molar-refractivity contribution < 1.29 is 4.74 Å². The zero-order valence-electron chi connectivity index (χ0n) is 13.4. The zero-order chi connectivity index (χ0) is 18.4. The number of ether oxygens (including phenoxy) is 1. The number of anilines is 1. The summed E-state index contributed by atoms with van der Waals surface area (Å²) < 4.78 is 5.59. The Labute approximate surface area is 166 Å². The molecule has 0 aliphatic rings. The van der Waals surface area contributed by atoms with Crippen LogP contribution in [0.4, 0.5) is 5.82 Å². The molecule has 0 fully saturated rings. The van der Waals surface area contributed by atoms with E-state index < -0.39 is 0 Å². The van der Waals surface area contributed by atoms with Crippen LogP contribution in [0.5, 0.6) is 11.6 Å². The fraction of sp³-hybridized carbons (Fsp3) is 0.0556. The summed E-state index contributed by atoms with van der Waals surface area (Å²) in [5.74, 6) is 1.60. The van der Waals surface area contributed by atoms with Gasteiger partial charge in [-0.2, -0.15) is 0 Å². The lowest BCUT2D eigenvalue weighted by atomic mass is 10.2. The minimum absolute atomic E-state index is 0.397. The van der Waals surface area contributed by atoms with Gasteiger partial charge in [-0.15, -0.1) is 10.2 Å². The first kappa shape index (κ1) is 18.4. The van der Waals surface area contributed by atoms with Gasteiger partial charge in [0.05, 0.1) is 0 Å². The lowest BCUT2D eigenvalue weighted by Gasteiger charge is -2.11. The number of nitrogens with zero attached hydrogens (tertiary/aromatic N) is 2. The number of aromatic nitrogens is 2. The van der Waals surface area contributed by atoms with Gasteiger partial charge in [-0.3, -0.25) is 0 Å². The van der Waals surface area contributed by atoms with E-state index in [-0.39, 0.29) is 0 Å². The first-order chi connectivity index (χ1) is 12.6. The molecule has 0 saturated heterocycles. The zero-order valence-corrected chi connectivity index (χ0v) is 15.8. The molecule has 0 bridgehead atoms. The maximum atomic E-state index is 6.13. The topological polar surface area (TPSA) is 59.1 Å². The van der Waals surface area contributed by atoms with Crippen LogP contribution in [-0.2, 0) is 6.54 Å². The molecule has 3 aromatic rings. The largest absolute Gasteiger partial charge is 0.438 e. The van der Waals surface area contributed by atoms with E-state index in [1.165, 1.54) is 0 Å². The van der Waals surface area contributed by atoms with Crippen molar-refractivity contribution in [2.24, 2.45) is 0 Å². The lowest BCUT2D eigenvalue weighted by Crippen LogP contribution is -2.28. The Morgan fingerprint density at radius 2 is 1.81 bits per heavy atom. The SMILES string of the molecule is S=C(NCc1ccc(Cl)cc1Cl)Nc1ccc(Oc2ccccc2)nn1. The van der Waals surface area contributed by atoms with Gasteiger partial charge in [-0.25, -0.2) is 0 Å². The molecule has 0 atom stereocenters. The first-order valence-electron chi connectivity index (χ1n) is 7.65. The Balaban J connectivity index is 1.52. The standard InChI is InChI=1S/C18H14Cl2N4OS/c19-13-7-6-12(15(20)10-13)11-21-18(26)22-16-8-9-17(24-23-16)25-14-4-2-1-3-5-14/h1-10H,11H2,(H2,21,22,23,26). The minimum Gasteiger partial charge on any atom is -0.438 e. The van der Waals surface area contributed by atoms with E-state index in [4.69, 9.17) is 40.2 Å². The number of nitrogens with one attached hydrogen (secondary N) is 2. The third-order valence-corrected chi connectivity index (χ3v) is 4.14. The molecule has 0 aliphatic heterocycles. The molecular formula is C18H14Cl2N4OS. The number of para-hydroxylation sites is 1. The Bertz CT molecular complexity index is 891. The number of benzene rings is 2. The molecule has 2 aromatic carbocycles. The molecule has 1 heterocycles. The summed E-state index contributed by atoms with van der Waals surface area (Å²) in [6, 6.07) is 18.1. The van der Waals surface area contributed by atoms with Gasteiger partial charge in [0.25, 0.3) is 0 Å². The van der Waals surface area contributed by atoms with Crippen LogP contribution < -0.4 is 15.4 Å². The predicted molar refractivity (Wildman–Crippen MR) is 108 cm³/mol. The van der Waals surface area contributed by atoms with Crippen molar-refractivity contribution in [1.29, 1.82) is 0 Å². The molecule has 26 heavy (non-hydrogen) atoms. The van der Waals surface area contributed by atoms with Gasteiger partial charge in [0, 0.05) is 22.7 Å². The van der Waals surface area contributed by atoms with Crippen LogP contribution in [0.3, 0.4) is 0 Å². The van der Waals surface area contributed by atoms with E-state index in [2.05, 4.69) is 20.8 Å². The summed E-state index contributed by atoms with van der Waals surface area (Å²) in [6.07, 6.45) is 0. The lowest BCUT2D eigenvalue weighted by molar-refractivity contribution is 0.455. The Kier molecular flexibility index (Phi) is 6.22. The summed E-state index contributed by atoms with van der Waals surface area (Å²) in [5, 5.41) is 15.6. The highest BCUT2D eigenvalue weighted by Gasteiger charge is 2.05. The fourth-order valence-electron chi connectivity index (χ4n) is 2.05. The van der Waals surface area contributed by atoms with Crippen LogP contribution in [0.2, 0.25) is 10.0 Å². The van der Waals surface area contributed by atoms with Crippen molar-refractivity contribution in [1.82, 2.24) is 15.5 Å². The average molecular weight is 405 g/mol. The van der Waals surface area contributed by atoms with E-state index in [1.807, 2.05) is 36.4 Å². The van der Waals surface area contributed by atoms with Crippen LogP contribution in [0.1, 0.15) is 5.56 Å². The van der Waals surface area contributed by atoms with E-state index >= 15 is 0 Å². The summed E-state index contributed by atoms with van der Waals surface area (Å²) in [6.45, 7) is 0.463. The van der Waals surface area contributed by atoms with Crippen LogP contribution in [0, 0.1) is 0 Å². The van der Waals surface area contributed by atoms with E-state index in [1.54, 1.807) is 24.3 Å². The van der Waals surface area contributed by atoms with Gasteiger partial charge < -0.3 is 15.4 Å². The van der Waals surface area contributed by atoms with E-state index in [0.29, 0.717) is 39.1 Å². The molecule has 0 radical (unpaired) electrons. The maximum absolute atomic E-state index is 6.13. The van der Waals surface area contributed by atoms with Crippen molar-refractivity contribution in [2.45, 2.75) is 6.54 Å². The Morgan fingerprint density at radius 1 is 1.00 bits per heavy atom. The first-order valence-corrected chi connectivity index (χ1v) is 8.82. The molecule has 5 nitrogen and oxygen atoms in total. The molecule has 1 aromatic heterocycles. The van der Waals surface area contributed by atoms with E-state index in [0.717, 1.165) is 5.56 Å². The van der Waals surface area contributed by atoms with Gasteiger partial charge in [0.15, 0.2) is 10.9 Å². The monoisotopic (exact) mass is 404 g/mol. The molecule has 3 rings (SSSR count). The van der Waals surface area contributed by atoms with Crippen molar-refractivity contribution in [3.8, 4) is 11.6 Å². The van der Waals surface area contributed by atoms with Gasteiger partial charge in [-0.05, 0) is 48.1 Å². The highest BCUT2D eigenvalue weighted by Crippen LogP contribution is 2.21. The van der Waals surface area contributed by atoms with E-state index in [9.17, 15) is 0 Å². The number of halogens is 2. The van der Waals surface area contributed by atoms with Crippen molar-refractivity contribution >= 4 is 46.4 Å². The van der Waals surface area contributed by atoms with Crippen LogP contribution in [0.15, 0.2) is 60.7 Å². The molecule has 132 valence electrons. The van der Waals surface area contributed by atoms with Gasteiger partial charge in [0.2, 0.25) is 5.88 Å². The smallest absolute Gasteiger partial charge is 0.238 e. The number of hydrogen-bond donors (Lipinski definition) is 2. The number of rotatable bonds is 5.